The Hall–Kier alpha value is -0.732. The summed E-state index contributed by atoms with van der Waals surface area (Å²) in [5, 5.41) is 0. The number of benzene rings is 1. The number of hydrogen-bond donors (Lipinski definition) is 0. The Morgan fingerprint density at radius 2 is 1.90 bits per heavy atom. The van der Waals surface area contributed by atoms with Crippen LogP contribution in [0.3, 0.4) is 0 Å². The maximum absolute atomic E-state index is 4.61. The molecule has 0 aliphatic carbocycles. The zero-order chi connectivity index (χ0) is 15.2. The fourth-order valence-corrected chi connectivity index (χ4v) is 1.29. The summed E-state index contributed by atoms with van der Waals surface area (Å²) >= 11 is 1.61. The Labute approximate surface area is 136 Å². The molecule has 5 heteroatoms. The second kappa shape index (κ2) is 13.3. The van der Waals surface area contributed by atoms with Gasteiger partial charge in [0.15, 0.2) is 0 Å². The van der Waals surface area contributed by atoms with Gasteiger partial charge in [-0.3, -0.25) is 0 Å². The molecule has 2 aromatic rings. The van der Waals surface area contributed by atoms with Crippen LogP contribution in [0.25, 0.3) is 11.3 Å². The second-order valence-electron chi connectivity index (χ2n) is 3.80. The SMILES string of the molecule is CO[CH-]N(C)C.[Cl][Pt].[c-]1ccccc1-c1ccccn1. The molecule has 0 amide bonds. The van der Waals surface area contributed by atoms with Crippen LogP contribution in [-0.4, -0.2) is 31.1 Å². The molecular weight excluding hydrogens is 455 g/mol. The maximum Gasteiger partial charge on any atom is 0.0160 e. The summed E-state index contributed by atoms with van der Waals surface area (Å²) in [5.74, 6) is 0. The van der Waals surface area contributed by atoms with Gasteiger partial charge in [0.2, 0.25) is 0 Å². The van der Waals surface area contributed by atoms with Gasteiger partial charge in [-0.25, -0.2) is 0 Å². The van der Waals surface area contributed by atoms with Gasteiger partial charge in [0.25, 0.3) is 0 Å². The molecular formula is C15H18ClN2OPt-2. The molecule has 0 atom stereocenters. The van der Waals surface area contributed by atoms with Crippen LogP contribution in [0.5, 0.6) is 0 Å². The molecule has 1 heterocycles. The Kier molecular flexibility index (Phi) is 12.8. The first-order valence-electron chi connectivity index (χ1n) is 5.76. The minimum Gasteiger partial charge on any atom is -0.305 e. The molecule has 113 valence electrons. The molecule has 2 rings (SSSR count). The molecule has 3 nitrogen and oxygen atoms in total. The molecule has 20 heavy (non-hydrogen) atoms. The van der Waals surface area contributed by atoms with Gasteiger partial charge in [-0.05, 0) is 25.9 Å². The van der Waals surface area contributed by atoms with Gasteiger partial charge < -0.3 is 14.6 Å². The molecule has 0 fully saturated rings. The topological polar surface area (TPSA) is 25.4 Å². The third-order valence-corrected chi connectivity index (χ3v) is 1.97. The Morgan fingerprint density at radius 3 is 2.30 bits per heavy atom. The second-order valence-corrected chi connectivity index (χ2v) is 3.80. The Balaban J connectivity index is 0.000000387. The molecule has 0 bridgehead atoms. The van der Waals surface area contributed by atoms with E-state index in [9.17, 15) is 0 Å². The summed E-state index contributed by atoms with van der Waals surface area (Å²) in [6.07, 6.45) is 1.79. The number of pyridine rings is 1. The van der Waals surface area contributed by atoms with Gasteiger partial charge in [-0.15, -0.1) is 35.9 Å². The van der Waals surface area contributed by atoms with Crippen LogP contribution in [0, 0.1) is 12.8 Å². The van der Waals surface area contributed by atoms with E-state index in [4.69, 9.17) is 0 Å². The number of halogens is 1. The quantitative estimate of drug-likeness (QED) is 0.639. The van der Waals surface area contributed by atoms with E-state index in [0.29, 0.717) is 0 Å². The van der Waals surface area contributed by atoms with Crippen LogP contribution in [0.2, 0.25) is 0 Å². The summed E-state index contributed by atoms with van der Waals surface area (Å²) in [4.78, 5) is 6.05. The van der Waals surface area contributed by atoms with E-state index in [1.54, 1.807) is 38.8 Å². The number of aromatic nitrogens is 1. The molecule has 0 saturated heterocycles. The van der Waals surface area contributed by atoms with Crippen LogP contribution >= 0.6 is 9.42 Å². The Morgan fingerprint density at radius 1 is 1.20 bits per heavy atom. The largest absolute Gasteiger partial charge is 0.305 e. The van der Waals surface area contributed by atoms with Crippen molar-refractivity contribution < 1.29 is 23.5 Å². The van der Waals surface area contributed by atoms with E-state index < -0.39 is 0 Å². The van der Waals surface area contributed by atoms with Crippen molar-refractivity contribution >= 4 is 9.42 Å². The third-order valence-electron chi connectivity index (χ3n) is 1.97. The first kappa shape index (κ1) is 19.3. The van der Waals surface area contributed by atoms with Crippen LogP contribution in [-0.2, 0) is 23.5 Å². The van der Waals surface area contributed by atoms with Crippen molar-refractivity contribution in [2.75, 3.05) is 21.2 Å². The number of rotatable bonds is 3. The normalized spacial score (nSPS) is 9.15. The monoisotopic (exact) mass is 472 g/mol. The van der Waals surface area contributed by atoms with Crippen molar-refractivity contribution in [3.05, 3.63) is 61.5 Å². The van der Waals surface area contributed by atoms with Crippen molar-refractivity contribution in [2.24, 2.45) is 0 Å². The molecule has 0 aliphatic heterocycles. The van der Waals surface area contributed by atoms with E-state index in [0.717, 1.165) is 11.3 Å². The summed E-state index contributed by atoms with van der Waals surface area (Å²) in [6.45, 7) is 1.62. The van der Waals surface area contributed by atoms with Crippen molar-refractivity contribution in [1.82, 2.24) is 9.88 Å². The van der Waals surface area contributed by atoms with Crippen molar-refractivity contribution in [3.63, 3.8) is 0 Å². The zero-order valence-corrected chi connectivity index (χ0v) is 14.7. The zero-order valence-electron chi connectivity index (χ0n) is 11.7. The third kappa shape index (κ3) is 9.22. The van der Waals surface area contributed by atoms with Crippen LogP contribution in [0.4, 0.5) is 0 Å². The van der Waals surface area contributed by atoms with Gasteiger partial charge in [0, 0.05) is 13.3 Å². The van der Waals surface area contributed by atoms with E-state index in [2.05, 4.69) is 25.2 Å². The Bertz CT molecular complexity index is 389. The standard InChI is InChI=1S/C11H8N.C4H10NO.ClH.Pt/c1-2-6-10(7-3-1)11-8-4-5-9-12-11;1-5(2)4-6-3;;/h1-6,8-9H;4H,1-3H3;1H;/q2*-1;;+1/p-1. The fraction of sp³-hybridized carbons (Fsp3) is 0.200. The van der Waals surface area contributed by atoms with Crippen molar-refractivity contribution in [2.45, 2.75) is 0 Å². The van der Waals surface area contributed by atoms with E-state index in [1.165, 1.54) is 0 Å². The fourth-order valence-electron chi connectivity index (χ4n) is 1.29. The number of methoxy groups -OCH3 is 1. The molecule has 1 aromatic heterocycles. The molecule has 0 radical (unpaired) electrons. The van der Waals surface area contributed by atoms with E-state index in [-0.39, 0.29) is 0 Å². The molecule has 1 aromatic carbocycles. The average molecular weight is 473 g/mol. The molecule has 0 aliphatic rings. The average Bonchev–Trinajstić information content (AvgIpc) is 2.52. The first-order chi connectivity index (χ1) is 9.74. The predicted molar refractivity (Wildman–Crippen MR) is 79.4 cm³/mol. The molecule has 0 unspecified atom stereocenters. The van der Waals surface area contributed by atoms with Gasteiger partial charge in [-0.2, -0.15) is 6.73 Å². The summed E-state index contributed by atoms with van der Waals surface area (Å²) in [5.41, 5.74) is 2.01. The van der Waals surface area contributed by atoms with Crippen molar-refractivity contribution in [1.29, 1.82) is 0 Å². The maximum atomic E-state index is 4.61. The minimum absolute atomic E-state index is 0.970. The van der Waals surface area contributed by atoms with Gasteiger partial charge in [0.05, 0.1) is 0 Å². The number of nitrogens with zero attached hydrogens (tertiary/aromatic N) is 2. The smallest absolute Gasteiger partial charge is 0.0160 e. The molecule has 0 saturated carbocycles. The summed E-state index contributed by atoms with van der Waals surface area (Å²) in [6, 6.07) is 16.8. The van der Waals surface area contributed by atoms with Gasteiger partial charge in [-0.1, -0.05) is 12.1 Å². The number of hydrogen-bond acceptors (Lipinski definition) is 3. The minimum atomic E-state index is 0.970. The van der Waals surface area contributed by atoms with Gasteiger partial charge in [0.1, 0.15) is 0 Å². The molecule has 0 N–H and O–H groups in total. The van der Waals surface area contributed by atoms with Crippen LogP contribution in [0.1, 0.15) is 0 Å². The van der Waals surface area contributed by atoms with Crippen LogP contribution in [0.15, 0.2) is 48.7 Å². The molecule has 0 spiro atoms. The van der Waals surface area contributed by atoms with Crippen molar-refractivity contribution in [3.8, 4) is 11.3 Å². The summed E-state index contributed by atoms with van der Waals surface area (Å²) in [7, 11) is 10.0. The predicted octanol–water partition coefficient (Wildman–Crippen LogP) is 3.55. The summed E-state index contributed by atoms with van der Waals surface area (Å²) < 4.78 is 4.60. The van der Waals surface area contributed by atoms with E-state index in [1.807, 2.05) is 61.5 Å². The first-order valence-corrected chi connectivity index (χ1v) is 8.58. The van der Waals surface area contributed by atoms with Gasteiger partial charge >= 0.3 is 28.2 Å². The van der Waals surface area contributed by atoms with Crippen LogP contribution < -0.4 is 0 Å². The van der Waals surface area contributed by atoms with E-state index >= 15 is 0 Å². The number of ether oxygens (including phenoxy) is 1.